The summed E-state index contributed by atoms with van der Waals surface area (Å²) in [7, 11) is 1.57. The topological polar surface area (TPSA) is 33.0 Å². The predicted octanol–water partition coefficient (Wildman–Crippen LogP) is 3.74. The molecule has 2 nitrogen and oxygen atoms in total. The molecule has 4 heteroatoms. The molecule has 14 heavy (non-hydrogen) atoms. The Hall–Kier alpha value is -0.720. The van der Waals surface area contributed by atoms with Crippen molar-refractivity contribution in [1.29, 1.82) is 5.26 Å². The van der Waals surface area contributed by atoms with Crippen LogP contribution in [0, 0.1) is 11.3 Å². The Labute approximate surface area is 96.6 Å². The van der Waals surface area contributed by atoms with Gasteiger partial charge in [0.1, 0.15) is 5.75 Å². The molecule has 74 valence electrons. The van der Waals surface area contributed by atoms with Gasteiger partial charge in [0.2, 0.25) is 0 Å². The van der Waals surface area contributed by atoms with Crippen LogP contribution in [0.15, 0.2) is 16.6 Å². The third-order valence-corrected chi connectivity index (χ3v) is 2.71. The van der Waals surface area contributed by atoms with Crippen LogP contribution < -0.4 is 4.74 Å². The zero-order valence-electron chi connectivity index (χ0n) is 7.84. The van der Waals surface area contributed by atoms with E-state index in [9.17, 15) is 0 Å². The van der Waals surface area contributed by atoms with Crippen LogP contribution in [0.2, 0.25) is 5.02 Å². The highest BCUT2D eigenvalue weighted by molar-refractivity contribution is 9.10. The van der Waals surface area contributed by atoms with E-state index < -0.39 is 0 Å². The molecule has 0 aliphatic carbocycles. The van der Waals surface area contributed by atoms with Gasteiger partial charge in [-0.25, -0.2) is 0 Å². The fourth-order valence-electron chi connectivity index (χ4n) is 1.19. The first-order valence-electron chi connectivity index (χ1n) is 4.02. The van der Waals surface area contributed by atoms with Crippen molar-refractivity contribution in [3.05, 3.63) is 27.2 Å². The number of nitrogens with zero attached hydrogens (tertiary/aromatic N) is 1. The number of methoxy groups -OCH3 is 1. The van der Waals surface area contributed by atoms with Gasteiger partial charge in [0.15, 0.2) is 0 Å². The van der Waals surface area contributed by atoms with Gasteiger partial charge in [-0.2, -0.15) is 5.26 Å². The van der Waals surface area contributed by atoms with Gasteiger partial charge < -0.3 is 4.74 Å². The van der Waals surface area contributed by atoms with E-state index >= 15 is 0 Å². The van der Waals surface area contributed by atoms with Gasteiger partial charge in [-0.05, 0) is 35.0 Å². The van der Waals surface area contributed by atoms with Crippen LogP contribution in [-0.4, -0.2) is 7.11 Å². The highest BCUT2D eigenvalue weighted by Gasteiger charge is 2.14. The predicted molar refractivity (Wildman–Crippen MR) is 59.7 cm³/mol. The third-order valence-electron chi connectivity index (χ3n) is 1.90. The smallest absolute Gasteiger partial charge is 0.137 e. The van der Waals surface area contributed by atoms with Crippen LogP contribution >= 0.6 is 27.5 Å². The average Bonchev–Trinajstić information content (AvgIpc) is 2.15. The van der Waals surface area contributed by atoms with Crippen LogP contribution in [0.25, 0.3) is 0 Å². The minimum Gasteiger partial charge on any atom is -0.495 e. The summed E-state index contributed by atoms with van der Waals surface area (Å²) in [6, 6.07) is 5.64. The summed E-state index contributed by atoms with van der Waals surface area (Å²) in [6.07, 6.45) is 0. The fourth-order valence-corrected chi connectivity index (χ4v) is 2.18. The molecule has 0 N–H and O–H groups in total. The van der Waals surface area contributed by atoms with Crippen molar-refractivity contribution in [2.45, 2.75) is 12.8 Å². The Bertz CT molecular complexity index is 386. The summed E-state index contributed by atoms with van der Waals surface area (Å²) >= 11 is 9.22. The second-order valence-corrected chi connectivity index (χ2v) is 4.15. The molecule has 1 atom stereocenters. The summed E-state index contributed by atoms with van der Waals surface area (Å²) < 4.78 is 5.97. The molecule has 0 aliphatic rings. The quantitative estimate of drug-likeness (QED) is 0.823. The summed E-state index contributed by atoms with van der Waals surface area (Å²) in [5, 5.41) is 9.42. The molecule has 1 rings (SSSR count). The van der Waals surface area contributed by atoms with E-state index in [2.05, 4.69) is 22.0 Å². The molecule has 1 aromatic rings. The molecule has 1 unspecified atom stereocenters. The molecular formula is C10H9BrClNO. The van der Waals surface area contributed by atoms with Gasteiger partial charge in [0, 0.05) is 10.6 Å². The number of halogens is 2. The van der Waals surface area contributed by atoms with Crippen molar-refractivity contribution in [3.8, 4) is 11.8 Å². The maximum atomic E-state index is 8.83. The van der Waals surface area contributed by atoms with E-state index in [4.69, 9.17) is 21.6 Å². The summed E-state index contributed by atoms with van der Waals surface area (Å²) in [5.74, 6) is 0.434. The molecule has 0 saturated heterocycles. The molecule has 0 aromatic heterocycles. The van der Waals surface area contributed by atoms with Crippen LogP contribution in [0.1, 0.15) is 18.4 Å². The van der Waals surface area contributed by atoms with Gasteiger partial charge in [0.25, 0.3) is 0 Å². The lowest BCUT2D eigenvalue weighted by Crippen LogP contribution is -1.96. The monoisotopic (exact) mass is 273 g/mol. The Morgan fingerprint density at radius 1 is 1.57 bits per heavy atom. The van der Waals surface area contributed by atoms with Gasteiger partial charge in [-0.1, -0.05) is 11.6 Å². The molecule has 0 bridgehead atoms. The number of hydrogen-bond acceptors (Lipinski definition) is 2. The summed E-state index contributed by atoms with van der Waals surface area (Å²) in [5.41, 5.74) is 0.800. The average molecular weight is 275 g/mol. The highest BCUT2D eigenvalue weighted by atomic mass is 79.9. The Kier molecular flexibility index (Phi) is 3.79. The maximum Gasteiger partial charge on any atom is 0.137 e. The van der Waals surface area contributed by atoms with E-state index in [1.54, 1.807) is 26.2 Å². The van der Waals surface area contributed by atoms with E-state index in [0.717, 1.165) is 10.0 Å². The molecule has 0 heterocycles. The number of ether oxygens (including phenoxy) is 1. The largest absolute Gasteiger partial charge is 0.495 e. The van der Waals surface area contributed by atoms with Crippen molar-refractivity contribution < 1.29 is 4.74 Å². The number of rotatable bonds is 2. The molecule has 1 aromatic carbocycles. The Morgan fingerprint density at radius 3 is 2.71 bits per heavy atom. The van der Waals surface area contributed by atoms with Gasteiger partial charge in [-0.3, -0.25) is 0 Å². The van der Waals surface area contributed by atoms with E-state index in [0.29, 0.717) is 10.8 Å². The summed E-state index contributed by atoms with van der Waals surface area (Å²) in [6.45, 7) is 1.81. The second-order valence-electron chi connectivity index (χ2n) is 2.86. The van der Waals surface area contributed by atoms with Crippen LogP contribution in [0.4, 0.5) is 0 Å². The second kappa shape index (κ2) is 4.68. The molecule has 0 fully saturated rings. The van der Waals surface area contributed by atoms with E-state index in [1.807, 2.05) is 0 Å². The molecule has 0 amide bonds. The first kappa shape index (κ1) is 11.4. The normalized spacial score (nSPS) is 11.9. The van der Waals surface area contributed by atoms with Crippen molar-refractivity contribution in [3.63, 3.8) is 0 Å². The van der Waals surface area contributed by atoms with Crippen molar-refractivity contribution in [1.82, 2.24) is 0 Å². The first-order valence-corrected chi connectivity index (χ1v) is 5.19. The zero-order valence-corrected chi connectivity index (χ0v) is 10.2. The van der Waals surface area contributed by atoms with E-state index in [1.165, 1.54) is 0 Å². The minimum absolute atomic E-state index is 0.236. The molecule has 0 spiro atoms. The number of nitriles is 1. The molecule has 0 radical (unpaired) electrons. The van der Waals surface area contributed by atoms with Crippen molar-refractivity contribution in [2.75, 3.05) is 7.11 Å². The van der Waals surface area contributed by atoms with Gasteiger partial charge in [0.05, 0.1) is 23.6 Å². The first-order chi connectivity index (χ1) is 6.60. The van der Waals surface area contributed by atoms with Gasteiger partial charge in [-0.15, -0.1) is 0 Å². The SMILES string of the molecule is COc1c(Br)cc(Cl)cc1C(C)C#N. The number of hydrogen-bond donors (Lipinski definition) is 0. The van der Waals surface area contributed by atoms with Crippen molar-refractivity contribution in [2.24, 2.45) is 0 Å². The van der Waals surface area contributed by atoms with Crippen LogP contribution in [0.5, 0.6) is 5.75 Å². The maximum absolute atomic E-state index is 8.83. The molecule has 0 aliphatic heterocycles. The molecular weight excluding hydrogens is 265 g/mol. The van der Waals surface area contributed by atoms with E-state index in [-0.39, 0.29) is 5.92 Å². The lowest BCUT2D eigenvalue weighted by atomic mass is 10.0. The highest BCUT2D eigenvalue weighted by Crippen LogP contribution is 2.36. The summed E-state index contributed by atoms with van der Waals surface area (Å²) in [4.78, 5) is 0. The Morgan fingerprint density at radius 2 is 2.21 bits per heavy atom. The lowest BCUT2D eigenvalue weighted by Gasteiger charge is -2.12. The zero-order chi connectivity index (χ0) is 10.7. The fraction of sp³-hybridized carbons (Fsp3) is 0.300. The minimum atomic E-state index is -0.236. The third kappa shape index (κ3) is 2.20. The van der Waals surface area contributed by atoms with Crippen LogP contribution in [0.3, 0.4) is 0 Å². The van der Waals surface area contributed by atoms with Gasteiger partial charge >= 0.3 is 0 Å². The Balaban J connectivity index is 3.33. The number of benzene rings is 1. The molecule has 0 saturated carbocycles. The standard InChI is InChI=1S/C10H9BrClNO/c1-6(5-13)8-3-7(12)4-9(11)10(8)14-2/h3-4,6H,1-2H3. The van der Waals surface area contributed by atoms with Crippen molar-refractivity contribution >= 4 is 27.5 Å². The van der Waals surface area contributed by atoms with Crippen LogP contribution in [-0.2, 0) is 0 Å². The lowest BCUT2D eigenvalue weighted by molar-refractivity contribution is 0.406.